The highest BCUT2D eigenvalue weighted by Crippen LogP contribution is 2.06. The fourth-order valence-electron chi connectivity index (χ4n) is 1.87. The van der Waals surface area contributed by atoms with Crippen molar-refractivity contribution in [2.45, 2.75) is 25.8 Å². The number of hydrogen-bond donors (Lipinski definition) is 1. The minimum absolute atomic E-state index is 0.653. The zero-order valence-electron chi connectivity index (χ0n) is 9.88. The third-order valence-electron chi connectivity index (χ3n) is 2.73. The molecule has 1 N–H and O–H groups in total. The van der Waals surface area contributed by atoms with Crippen molar-refractivity contribution in [1.29, 1.82) is 0 Å². The van der Waals surface area contributed by atoms with Crippen LogP contribution in [0.15, 0.2) is 0 Å². The lowest BCUT2D eigenvalue weighted by molar-refractivity contribution is 0.150. The van der Waals surface area contributed by atoms with Gasteiger partial charge in [0.15, 0.2) is 0 Å². The zero-order valence-corrected chi connectivity index (χ0v) is 9.88. The zero-order chi connectivity index (χ0) is 10.9. The molecule has 0 saturated carbocycles. The van der Waals surface area contributed by atoms with E-state index in [2.05, 4.69) is 22.1 Å². The van der Waals surface area contributed by atoms with Crippen LogP contribution in [-0.2, 0) is 4.74 Å². The smallest absolute Gasteiger partial charge is 0.0602 e. The van der Waals surface area contributed by atoms with E-state index in [9.17, 15) is 0 Å². The van der Waals surface area contributed by atoms with Gasteiger partial charge in [0.1, 0.15) is 0 Å². The molecule has 86 valence electrons. The van der Waals surface area contributed by atoms with Crippen LogP contribution in [0.3, 0.4) is 0 Å². The van der Waals surface area contributed by atoms with Crippen LogP contribution in [0.5, 0.6) is 0 Å². The number of nitrogens with one attached hydrogen (secondary N) is 1. The Morgan fingerprint density at radius 2 is 2.40 bits per heavy atom. The molecule has 1 atom stereocenters. The molecule has 1 saturated heterocycles. The predicted octanol–water partition coefficient (Wildman–Crippen LogP) is 0.710. The Bertz CT molecular complexity index is 213. The number of ether oxygens (including phenoxy) is 1. The summed E-state index contributed by atoms with van der Waals surface area (Å²) in [6.07, 6.45) is 2.60. The number of rotatable bonds is 6. The second-order valence-electron chi connectivity index (χ2n) is 3.95. The van der Waals surface area contributed by atoms with E-state index in [4.69, 9.17) is 4.74 Å². The number of methoxy groups -OCH3 is 1. The molecule has 0 radical (unpaired) electrons. The first-order chi connectivity index (χ1) is 7.36. The Hall–Kier alpha value is -0.560. The highest BCUT2D eigenvalue weighted by molar-refractivity contribution is 4.98. The van der Waals surface area contributed by atoms with Gasteiger partial charge in [-0.15, -0.1) is 5.92 Å². The van der Waals surface area contributed by atoms with Crippen LogP contribution < -0.4 is 5.32 Å². The molecule has 0 aromatic heterocycles. The molecule has 1 unspecified atom stereocenters. The van der Waals surface area contributed by atoms with Gasteiger partial charge in [-0.25, -0.2) is 0 Å². The number of hydrogen-bond acceptors (Lipinski definition) is 3. The summed E-state index contributed by atoms with van der Waals surface area (Å²) in [6.45, 7) is 6.78. The van der Waals surface area contributed by atoms with Gasteiger partial charge in [0.2, 0.25) is 0 Å². The fourth-order valence-corrected chi connectivity index (χ4v) is 1.87. The molecule has 3 nitrogen and oxygen atoms in total. The normalized spacial score (nSPS) is 20.3. The van der Waals surface area contributed by atoms with Gasteiger partial charge in [-0.1, -0.05) is 5.92 Å². The summed E-state index contributed by atoms with van der Waals surface area (Å²) in [5.41, 5.74) is 0. The van der Waals surface area contributed by atoms with Gasteiger partial charge in [-0.2, -0.15) is 0 Å². The van der Waals surface area contributed by atoms with E-state index in [1.54, 1.807) is 7.11 Å². The molecule has 1 aliphatic rings. The van der Waals surface area contributed by atoms with Crippen LogP contribution in [0.25, 0.3) is 0 Å². The van der Waals surface area contributed by atoms with Crippen LogP contribution in [0.4, 0.5) is 0 Å². The number of nitrogens with zero attached hydrogens (tertiary/aromatic N) is 1. The molecule has 0 aromatic rings. The summed E-state index contributed by atoms with van der Waals surface area (Å²) >= 11 is 0. The molecule has 1 rings (SSSR count). The summed E-state index contributed by atoms with van der Waals surface area (Å²) in [6, 6.07) is 0.653. The van der Waals surface area contributed by atoms with Crippen molar-refractivity contribution in [1.82, 2.24) is 10.2 Å². The summed E-state index contributed by atoms with van der Waals surface area (Å²) in [5, 5.41) is 3.51. The summed E-state index contributed by atoms with van der Waals surface area (Å²) in [4.78, 5) is 2.36. The van der Waals surface area contributed by atoms with E-state index < -0.39 is 0 Å². The summed E-state index contributed by atoms with van der Waals surface area (Å²) < 4.78 is 5.11. The second-order valence-corrected chi connectivity index (χ2v) is 3.95. The lowest BCUT2D eigenvalue weighted by Gasteiger charge is -2.23. The Balaban J connectivity index is 2.28. The van der Waals surface area contributed by atoms with E-state index >= 15 is 0 Å². The Morgan fingerprint density at radius 1 is 1.53 bits per heavy atom. The predicted molar refractivity (Wildman–Crippen MR) is 62.8 cm³/mol. The minimum Gasteiger partial charge on any atom is -0.383 e. The minimum atomic E-state index is 0.653. The lowest BCUT2D eigenvalue weighted by atomic mass is 10.2. The standard InChI is InChI=1S/C12H22N2O/c1-3-4-8-14(9-10-15-2)11-12-6-5-7-13-12/h12-13H,5-11H2,1-2H3. The van der Waals surface area contributed by atoms with Crippen LogP contribution >= 0.6 is 0 Å². The molecule has 1 heterocycles. The molecular weight excluding hydrogens is 188 g/mol. The molecule has 15 heavy (non-hydrogen) atoms. The maximum atomic E-state index is 5.11. The first-order valence-electron chi connectivity index (χ1n) is 5.71. The van der Waals surface area contributed by atoms with E-state index in [0.717, 1.165) is 26.2 Å². The maximum Gasteiger partial charge on any atom is 0.0602 e. The van der Waals surface area contributed by atoms with Crippen molar-refractivity contribution in [2.24, 2.45) is 0 Å². The first-order valence-corrected chi connectivity index (χ1v) is 5.71. The van der Waals surface area contributed by atoms with Crippen LogP contribution in [0.1, 0.15) is 19.8 Å². The first kappa shape index (κ1) is 12.5. The van der Waals surface area contributed by atoms with Crippen LogP contribution in [0.2, 0.25) is 0 Å². The quantitative estimate of drug-likeness (QED) is 0.654. The third-order valence-corrected chi connectivity index (χ3v) is 2.73. The molecule has 1 aliphatic heterocycles. The molecular formula is C12H22N2O. The molecule has 0 aromatic carbocycles. The maximum absolute atomic E-state index is 5.11. The molecule has 3 heteroatoms. The molecule has 0 amide bonds. The van der Waals surface area contributed by atoms with Crippen LogP contribution in [-0.4, -0.2) is 50.8 Å². The average Bonchev–Trinajstić information content (AvgIpc) is 2.74. The van der Waals surface area contributed by atoms with E-state index in [-0.39, 0.29) is 0 Å². The van der Waals surface area contributed by atoms with Gasteiger partial charge in [0.25, 0.3) is 0 Å². The van der Waals surface area contributed by atoms with Gasteiger partial charge < -0.3 is 10.1 Å². The van der Waals surface area contributed by atoms with Crippen molar-refractivity contribution in [2.75, 3.05) is 39.9 Å². The van der Waals surface area contributed by atoms with Crippen molar-refractivity contribution >= 4 is 0 Å². The Labute approximate surface area is 93.2 Å². The van der Waals surface area contributed by atoms with Gasteiger partial charge in [-0.05, 0) is 26.3 Å². The topological polar surface area (TPSA) is 24.5 Å². The van der Waals surface area contributed by atoms with Gasteiger partial charge in [0.05, 0.1) is 13.2 Å². The fraction of sp³-hybridized carbons (Fsp3) is 0.833. The molecule has 0 spiro atoms. The van der Waals surface area contributed by atoms with Gasteiger partial charge in [0, 0.05) is 26.2 Å². The SMILES string of the molecule is CC#CCN(CCOC)CC1CCCN1. The van der Waals surface area contributed by atoms with Gasteiger partial charge in [-0.3, -0.25) is 4.90 Å². The molecule has 1 fully saturated rings. The van der Waals surface area contributed by atoms with Gasteiger partial charge >= 0.3 is 0 Å². The largest absolute Gasteiger partial charge is 0.383 e. The van der Waals surface area contributed by atoms with Crippen molar-refractivity contribution in [3.8, 4) is 11.8 Å². The monoisotopic (exact) mass is 210 g/mol. The summed E-state index contributed by atoms with van der Waals surface area (Å²) in [5.74, 6) is 6.07. The molecule has 0 bridgehead atoms. The average molecular weight is 210 g/mol. The second kappa shape index (κ2) is 7.70. The highest BCUT2D eigenvalue weighted by atomic mass is 16.5. The van der Waals surface area contributed by atoms with E-state index in [0.29, 0.717) is 6.04 Å². The molecule has 0 aliphatic carbocycles. The van der Waals surface area contributed by atoms with Crippen LogP contribution in [0, 0.1) is 11.8 Å². The van der Waals surface area contributed by atoms with E-state index in [1.165, 1.54) is 19.4 Å². The highest BCUT2D eigenvalue weighted by Gasteiger charge is 2.16. The summed E-state index contributed by atoms with van der Waals surface area (Å²) in [7, 11) is 1.75. The Kier molecular flexibility index (Phi) is 6.42. The van der Waals surface area contributed by atoms with Crippen molar-refractivity contribution < 1.29 is 4.74 Å². The van der Waals surface area contributed by atoms with Crippen molar-refractivity contribution in [3.63, 3.8) is 0 Å². The van der Waals surface area contributed by atoms with Crippen molar-refractivity contribution in [3.05, 3.63) is 0 Å². The Morgan fingerprint density at radius 3 is 3.00 bits per heavy atom. The lowest BCUT2D eigenvalue weighted by Crippen LogP contribution is -2.39. The third kappa shape index (κ3) is 5.17. The van der Waals surface area contributed by atoms with E-state index in [1.807, 2.05) is 6.92 Å².